The number of carbonyl (C=O) groups is 2. The molecule has 2 saturated heterocycles. The Labute approximate surface area is 197 Å². The molecule has 2 heterocycles. The van der Waals surface area contributed by atoms with Crippen molar-refractivity contribution in [3.63, 3.8) is 0 Å². The predicted molar refractivity (Wildman–Crippen MR) is 136 cm³/mol. The van der Waals surface area contributed by atoms with E-state index in [1.54, 1.807) is 0 Å². The van der Waals surface area contributed by atoms with E-state index in [2.05, 4.69) is 34.3 Å². The lowest BCUT2D eigenvalue weighted by Gasteiger charge is -2.22. The van der Waals surface area contributed by atoms with Crippen LogP contribution in [0.15, 0.2) is 36.4 Å². The Kier molecular flexibility index (Phi) is 7.21. The summed E-state index contributed by atoms with van der Waals surface area (Å²) in [6.45, 7) is 10.3. The molecule has 6 nitrogen and oxygen atoms in total. The van der Waals surface area contributed by atoms with Crippen LogP contribution in [0.5, 0.6) is 0 Å². The number of hydrogen-bond acceptors (Lipinski definition) is 4. The summed E-state index contributed by atoms with van der Waals surface area (Å²) in [6.07, 6.45) is 5.24. The second-order valence-corrected chi connectivity index (χ2v) is 9.33. The molecule has 33 heavy (non-hydrogen) atoms. The van der Waals surface area contributed by atoms with Gasteiger partial charge in [0.2, 0.25) is 11.8 Å². The first-order valence-electron chi connectivity index (χ1n) is 12.3. The summed E-state index contributed by atoms with van der Waals surface area (Å²) >= 11 is 0. The van der Waals surface area contributed by atoms with Gasteiger partial charge in [-0.25, -0.2) is 0 Å². The number of carbonyl (C=O) groups excluding carboxylic acids is 2. The molecule has 0 bridgehead atoms. The van der Waals surface area contributed by atoms with Crippen molar-refractivity contribution < 1.29 is 9.59 Å². The molecule has 4 rings (SSSR count). The van der Waals surface area contributed by atoms with E-state index in [1.807, 2.05) is 43.3 Å². The van der Waals surface area contributed by atoms with Crippen LogP contribution in [0.3, 0.4) is 0 Å². The first-order valence-corrected chi connectivity index (χ1v) is 12.3. The molecule has 0 radical (unpaired) electrons. The lowest BCUT2D eigenvalue weighted by Crippen LogP contribution is -2.33. The Morgan fingerprint density at radius 2 is 1.15 bits per heavy atom. The zero-order chi connectivity index (χ0) is 23.4. The molecule has 2 N–H and O–H groups in total. The quantitative estimate of drug-likeness (QED) is 0.578. The van der Waals surface area contributed by atoms with Crippen molar-refractivity contribution in [2.45, 2.75) is 52.9 Å². The van der Waals surface area contributed by atoms with Gasteiger partial charge in [0, 0.05) is 48.9 Å². The molecule has 0 saturated carbocycles. The van der Waals surface area contributed by atoms with Crippen LogP contribution >= 0.6 is 0 Å². The third-order valence-corrected chi connectivity index (χ3v) is 6.89. The van der Waals surface area contributed by atoms with Crippen molar-refractivity contribution in [2.75, 3.05) is 46.6 Å². The normalized spacial score (nSPS) is 15.9. The molecule has 0 aromatic heterocycles. The lowest BCUT2D eigenvalue weighted by atomic mass is 10.0. The Morgan fingerprint density at radius 1 is 0.758 bits per heavy atom. The maximum absolute atomic E-state index is 13.0. The highest BCUT2D eigenvalue weighted by atomic mass is 16.2. The van der Waals surface area contributed by atoms with Crippen LogP contribution in [-0.4, -0.2) is 38.0 Å². The summed E-state index contributed by atoms with van der Waals surface area (Å²) in [4.78, 5) is 30.8. The smallest absolute Gasteiger partial charge is 0.236 e. The molecule has 2 fully saturated rings. The largest absolute Gasteiger partial charge is 0.371 e. The van der Waals surface area contributed by atoms with Gasteiger partial charge >= 0.3 is 0 Å². The molecule has 176 valence electrons. The Morgan fingerprint density at radius 3 is 1.52 bits per heavy atom. The first-order chi connectivity index (χ1) is 16.0. The third-order valence-electron chi connectivity index (χ3n) is 6.89. The minimum Gasteiger partial charge on any atom is -0.371 e. The van der Waals surface area contributed by atoms with Crippen molar-refractivity contribution >= 4 is 34.6 Å². The maximum Gasteiger partial charge on any atom is 0.236 e. The number of aryl methyl sites for hydroxylation is 2. The van der Waals surface area contributed by atoms with Crippen LogP contribution in [0.2, 0.25) is 0 Å². The second-order valence-electron chi connectivity index (χ2n) is 9.33. The Bertz CT molecular complexity index is 928. The van der Waals surface area contributed by atoms with Crippen LogP contribution in [0, 0.1) is 19.8 Å². The molecule has 2 aromatic rings. The zero-order valence-electron chi connectivity index (χ0n) is 20.1. The Hall–Kier alpha value is -3.02. The fourth-order valence-electron chi connectivity index (χ4n) is 4.92. The highest BCUT2D eigenvalue weighted by Crippen LogP contribution is 2.29. The van der Waals surface area contributed by atoms with Crippen LogP contribution < -0.4 is 20.4 Å². The van der Waals surface area contributed by atoms with Crippen LogP contribution in [0.4, 0.5) is 22.7 Å². The van der Waals surface area contributed by atoms with Gasteiger partial charge in [-0.3, -0.25) is 9.59 Å². The average molecular weight is 449 g/mol. The standard InChI is InChI=1S/C27H36N4O2/c1-4-23(26(32)28-21-11-9-19(2)24(17-21)30-13-5-6-14-30)27(33)29-22-12-10-20(3)25(18-22)31-15-7-8-16-31/h9-12,17-18,23H,4-8,13-16H2,1-3H3,(H,28,32)(H,29,33). The SMILES string of the molecule is CCC(C(=O)Nc1ccc(C)c(N2CCCC2)c1)C(=O)Nc1ccc(C)c(N2CCCC2)c1. The molecular formula is C27H36N4O2. The molecule has 2 aromatic carbocycles. The fraction of sp³-hybridized carbons (Fsp3) is 0.481. The summed E-state index contributed by atoms with van der Waals surface area (Å²) in [5, 5.41) is 5.96. The number of benzene rings is 2. The molecule has 2 aliphatic rings. The summed E-state index contributed by atoms with van der Waals surface area (Å²) in [5.41, 5.74) is 6.21. The number of nitrogens with zero attached hydrogens (tertiary/aromatic N) is 2. The highest BCUT2D eigenvalue weighted by Gasteiger charge is 2.26. The molecule has 2 aliphatic heterocycles. The topological polar surface area (TPSA) is 64.7 Å². The minimum atomic E-state index is -0.752. The molecule has 0 spiro atoms. The third kappa shape index (κ3) is 5.32. The van der Waals surface area contributed by atoms with Gasteiger partial charge < -0.3 is 20.4 Å². The monoisotopic (exact) mass is 448 g/mol. The first kappa shape index (κ1) is 23.1. The number of nitrogens with one attached hydrogen (secondary N) is 2. The average Bonchev–Trinajstić information content (AvgIpc) is 3.51. The van der Waals surface area contributed by atoms with E-state index >= 15 is 0 Å². The molecule has 0 aliphatic carbocycles. The van der Waals surface area contributed by atoms with Gasteiger partial charge in [0.05, 0.1) is 0 Å². The van der Waals surface area contributed by atoms with Gasteiger partial charge in [-0.05, 0) is 81.3 Å². The van der Waals surface area contributed by atoms with Gasteiger partial charge in [-0.2, -0.15) is 0 Å². The summed E-state index contributed by atoms with van der Waals surface area (Å²) in [7, 11) is 0. The molecule has 2 amide bonds. The molecule has 6 heteroatoms. The van der Waals surface area contributed by atoms with E-state index in [0.29, 0.717) is 6.42 Å². The molecule has 0 unspecified atom stereocenters. The Balaban J connectivity index is 1.44. The van der Waals surface area contributed by atoms with E-state index in [0.717, 1.165) is 48.9 Å². The predicted octanol–water partition coefficient (Wildman–Crippen LogP) is 5.11. The number of anilines is 4. The molecular weight excluding hydrogens is 412 g/mol. The minimum absolute atomic E-state index is 0.266. The van der Waals surface area contributed by atoms with Crippen molar-refractivity contribution in [3.8, 4) is 0 Å². The van der Waals surface area contributed by atoms with Gasteiger partial charge in [0.25, 0.3) is 0 Å². The number of hydrogen-bond donors (Lipinski definition) is 2. The summed E-state index contributed by atoms with van der Waals surface area (Å²) in [6, 6.07) is 12.0. The maximum atomic E-state index is 13.0. The van der Waals surface area contributed by atoms with Crippen molar-refractivity contribution in [1.82, 2.24) is 0 Å². The van der Waals surface area contributed by atoms with Gasteiger partial charge in [0.1, 0.15) is 5.92 Å². The van der Waals surface area contributed by atoms with E-state index in [-0.39, 0.29) is 11.8 Å². The second kappa shape index (κ2) is 10.3. The van der Waals surface area contributed by atoms with E-state index < -0.39 is 5.92 Å². The van der Waals surface area contributed by atoms with Crippen LogP contribution in [0.1, 0.15) is 50.2 Å². The zero-order valence-corrected chi connectivity index (χ0v) is 20.1. The van der Waals surface area contributed by atoms with Crippen molar-refractivity contribution in [2.24, 2.45) is 5.92 Å². The number of amides is 2. The number of rotatable bonds is 7. The van der Waals surface area contributed by atoms with Gasteiger partial charge in [0.15, 0.2) is 0 Å². The van der Waals surface area contributed by atoms with E-state index in [1.165, 1.54) is 36.8 Å². The summed E-state index contributed by atoms with van der Waals surface area (Å²) < 4.78 is 0. The van der Waals surface area contributed by atoms with Crippen molar-refractivity contribution in [3.05, 3.63) is 47.5 Å². The van der Waals surface area contributed by atoms with Crippen LogP contribution in [-0.2, 0) is 9.59 Å². The summed E-state index contributed by atoms with van der Waals surface area (Å²) in [5.74, 6) is -1.28. The van der Waals surface area contributed by atoms with Gasteiger partial charge in [-0.1, -0.05) is 19.1 Å². The fourth-order valence-corrected chi connectivity index (χ4v) is 4.92. The van der Waals surface area contributed by atoms with Crippen molar-refractivity contribution in [1.29, 1.82) is 0 Å². The lowest BCUT2D eigenvalue weighted by molar-refractivity contribution is -0.129. The van der Waals surface area contributed by atoms with E-state index in [4.69, 9.17) is 0 Å². The van der Waals surface area contributed by atoms with Gasteiger partial charge in [-0.15, -0.1) is 0 Å². The van der Waals surface area contributed by atoms with Crippen LogP contribution in [0.25, 0.3) is 0 Å². The molecule has 0 atom stereocenters. The van der Waals surface area contributed by atoms with E-state index in [9.17, 15) is 9.59 Å². The highest BCUT2D eigenvalue weighted by molar-refractivity contribution is 6.11.